The number of benzene rings is 2. The van der Waals surface area contributed by atoms with E-state index in [4.69, 9.17) is 4.74 Å². The minimum absolute atomic E-state index is 0.220. The van der Waals surface area contributed by atoms with Crippen molar-refractivity contribution in [2.75, 3.05) is 29.9 Å². The van der Waals surface area contributed by atoms with Crippen molar-refractivity contribution in [1.29, 1.82) is 0 Å². The van der Waals surface area contributed by atoms with E-state index < -0.39 is 0 Å². The van der Waals surface area contributed by atoms with Crippen molar-refractivity contribution < 1.29 is 9.53 Å². The summed E-state index contributed by atoms with van der Waals surface area (Å²) in [6, 6.07) is 16.1. The van der Waals surface area contributed by atoms with Crippen molar-refractivity contribution in [3.63, 3.8) is 0 Å². The highest BCUT2D eigenvalue weighted by atomic mass is 16.5. The number of carbonyl (C=O) groups excluding carboxylic acids is 1. The normalized spacial score (nSPS) is 14.1. The van der Waals surface area contributed by atoms with Crippen LogP contribution in [0.5, 0.6) is 5.75 Å². The number of rotatable bonds is 6. The topological polar surface area (TPSA) is 41.6 Å². The monoisotopic (exact) mass is 310 g/mol. The number of nitrogens with one attached hydrogen (secondary N) is 1. The van der Waals surface area contributed by atoms with Gasteiger partial charge in [0.1, 0.15) is 12.4 Å². The summed E-state index contributed by atoms with van der Waals surface area (Å²) in [6.45, 7) is 4.23. The van der Waals surface area contributed by atoms with E-state index in [1.807, 2.05) is 53.4 Å². The van der Waals surface area contributed by atoms with Crippen LogP contribution in [0.2, 0.25) is 0 Å². The van der Waals surface area contributed by atoms with Crippen LogP contribution < -0.4 is 15.0 Å². The van der Waals surface area contributed by atoms with Gasteiger partial charge in [0, 0.05) is 30.9 Å². The van der Waals surface area contributed by atoms with E-state index in [0.29, 0.717) is 13.0 Å². The number of hydrogen-bond donors (Lipinski definition) is 1. The molecule has 0 atom stereocenters. The van der Waals surface area contributed by atoms with E-state index in [2.05, 4.69) is 12.2 Å². The molecular formula is C19H22N2O2. The largest absolute Gasteiger partial charge is 0.492 e. The summed E-state index contributed by atoms with van der Waals surface area (Å²) in [5.41, 5.74) is 3.24. The lowest BCUT2D eigenvalue weighted by atomic mass is 10.2. The molecule has 0 bridgehead atoms. The molecule has 23 heavy (non-hydrogen) atoms. The Morgan fingerprint density at radius 2 is 1.83 bits per heavy atom. The highest BCUT2D eigenvalue weighted by Crippen LogP contribution is 2.22. The molecule has 0 unspecified atom stereocenters. The molecule has 120 valence electrons. The van der Waals surface area contributed by atoms with Crippen LogP contribution in [0.1, 0.15) is 18.4 Å². The van der Waals surface area contributed by atoms with Gasteiger partial charge < -0.3 is 15.0 Å². The molecule has 0 spiro atoms. The summed E-state index contributed by atoms with van der Waals surface area (Å²) in [6.07, 6.45) is 1.62. The van der Waals surface area contributed by atoms with Gasteiger partial charge in [-0.05, 0) is 49.7 Å². The van der Waals surface area contributed by atoms with E-state index in [9.17, 15) is 4.79 Å². The van der Waals surface area contributed by atoms with Crippen LogP contribution in [0, 0.1) is 6.92 Å². The van der Waals surface area contributed by atoms with Gasteiger partial charge in [-0.25, -0.2) is 0 Å². The fourth-order valence-electron chi connectivity index (χ4n) is 2.68. The Hall–Kier alpha value is -2.49. The van der Waals surface area contributed by atoms with E-state index in [-0.39, 0.29) is 5.91 Å². The standard InChI is InChI=1S/C19H22N2O2/c1-15-4-10-18(11-5-15)23-14-12-20-16-6-8-17(9-7-16)21-13-2-3-19(21)22/h4-11,20H,2-3,12-14H2,1H3. The number of carbonyl (C=O) groups is 1. The number of anilines is 2. The molecule has 1 heterocycles. The first-order chi connectivity index (χ1) is 11.2. The van der Waals surface area contributed by atoms with Crippen LogP contribution >= 0.6 is 0 Å². The predicted molar refractivity (Wildman–Crippen MR) is 93.2 cm³/mol. The Morgan fingerprint density at radius 1 is 1.09 bits per heavy atom. The zero-order valence-electron chi connectivity index (χ0n) is 13.4. The fourth-order valence-corrected chi connectivity index (χ4v) is 2.68. The lowest BCUT2D eigenvalue weighted by Crippen LogP contribution is -2.23. The summed E-state index contributed by atoms with van der Waals surface area (Å²) in [4.78, 5) is 13.6. The SMILES string of the molecule is Cc1ccc(OCCNc2ccc(N3CCCC3=O)cc2)cc1. The van der Waals surface area contributed by atoms with Gasteiger partial charge in [-0.3, -0.25) is 4.79 Å². The molecule has 1 amide bonds. The molecule has 1 fully saturated rings. The van der Waals surface area contributed by atoms with Gasteiger partial charge in [-0.2, -0.15) is 0 Å². The summed E-state index contributed by atoms with van der Waals surface area (Å²) >= 11 is 0. The second-order valence-electron chi connectivity index (χ2n) is 5.78. The number of ether oxygens (including phenoxy) is 1. The molecule has 2 aromatic carbocycles. The maximum Gasteiger partial charge on any atom is 0.227 e. The van der Waals surface area contributed by atoms with E-state index >= 15 is 0 Å². The number of amides is 1. The van der Waals surface area contributed by atoms with Crippen LogP contribution in [-0.2, 0) is 4.79 Å². The molecule has 1 aliphatic heterocycles. The van der Waals surface area contributed by atoms with Gasteiger partial charge in [0.2, 0.25) is 5.91 Å². The first-order valence-corrected chi connectivity index (χ1v) is 8.06. The average molecular weight is 310 g/mol. The minimum Gasteiger partial charge on any atom is -0.492 e. The number of hydrogen-bond acceptors (Lipinski definition) is 3. The lowest BCUT2D eigenvalue weighted by Gasteiger charge is -2.16. The molecular weight excluding hydrogens is 288 g/mol. The second kappa shape index (κ2) is 7.18. The van der Waals surface area contributed by atoms with Crippen molar-refractivity contribution in [1.82, 2.24) is 0 Å². The van der Waals surface area contributed by atoms with Crippen molar-refractivity contribution in [2.45, 2.75) is 19.8 Å². The Labute approximate surface area is 137 Å². The fraction of sp³-hybridized carbons (Fsp3) is 0.316. The quantitative estimate of drug-likeness (QED) is 0.829. The Morgan fingerprint density at radius 3 is 2.48 bits per heavy atom. The minimum atomic E-state index is 0.220. The summed E-state index contributed by atoms with van der Waals surface area (Å²) < 4.78 is 5.69. The molecule has 1 saturated heterocycles. The smallest absolute Gasteiger partial charge is 0.227 e. The van der Waals surface area contributed by atoms with Crippen molar-refractivity contribution in [2.24, 2.45) is 0 Å². The summed E-state index contributed by atoms with van der Waals surface area (Å²) in [5, 5.41) is 3.33. The van der Waals surface area contributed by atoms with Crippen molar-refractivity contribution in [3.05, 3.63) is 54.1 Å². The van der Waals surface area contributed by atoms with Crippen LogP contribution in [0.3, 0.4) is 0 Å². The molecule has 3 rings (SSSR count). The average Bonchev–Trinajstić information content (AvgIpc) is 3.00. The first kappa shape index (κ1) is 15.4. The highest BCUT2D eigenvalue weighted by Gasteiger charge is 2.21. The van der Waals surface area contributed by atoms with Gasteiger partial charge in [-0.1, -0.05) is 17.7 Å². The molecule has 1 aliphatic rings. The van der Waals surface area contributed by atoms with Crippen LogP contribution in [0.25, 0.3) is 0 Å². The Kier molecular flexibility index (Phi) is 4.81. The molecule has 0 radical (unpaired) electrons. The number of nitrogens with zero attached hydrogens (tertiary/aromatic N) is 1. The first-order valence-electron chi connectivity index (χ1n) is 8.06. The Balaban J connectivity index is 1.45. The van der Waals surface area contributed by atoms with E-state index in [1.165, 1.54) is 5.56 Å². The zero-order valence-corrected chi connectivity index (χ0v) is 13.4. The third kappa shape index (κ3) is 4.03. The van der Waals surface area contributed by atoms with Crippen LogP contribution in [0.4, 0.5) is 11.4 Å². The third-order valence-corrected chi connectivity index (χ3v) is 3.97. The van der Waals surface area contributed by atoms with Crippen molar-refractivity contribution >= 4 is 17.3 Å². The molecule has 2 aromatic rings. The molecule has 4 heteroatoms. The van der Waals surface area contributed by atoms with E-state index in [0.717, 1.165) is 36.6 Å². The molecule has 0 aromatic heterocycles. The van der Waals surface area contributed by atoms with Gasteiger partial charge in [0.05, 0.1) is 0 Å². The Bertz CT molecular complexity index is 650. The summed E-state index contributed by atoms with van der Waals surface area (Å²) in [5.74, 6) is 1.11. The maximum atomic E-state index is 11.7. The van der Waals surface area contributed by atoms with Gasteiger partial charge in [0.15, 0.2) is 0 Å². The molecule has 1 N–H and O–H groups in total. The molecule has 0 aliphatic carbocycles. The molecule has 4 nitrogen and oxygen atoms in total. The predicted octanol–water partition coefficient (Wildman–Crippen LogP) is 3.61. The van der Waals surface area contributed by atoms with Crippen LogP contribution in [-0.4, -0.2) is 25.6 Å². The lowest BCUT2D eigenvalue weighted by molar-refractivity contribution is -0.117. The van der Waals surface area contributed by atoms with Gasteiger partial charge >= 0.3 is 0 Å². The van der Waals surface area contributed by atoms with E-state index in [1.54, 1.807) is 0 Å². The molecule has 0 saturated carbocycles. The summed E-state index contributed by atoms with van der Waals surface area (Å²) in [7, 11) is 0. The van der Waals surface area contributed by atoms with Gasteiger partial charge in [-0.15, -0.1) is 0 Å². The van der Waals surface area contributed by atoms with Crippen LogP contribution in [0.15, 0.2) is 48.5 Å². The number of aryl methyl sites for hydroxylation is 1. The zero-order chi connectivity index (χ0) is 16.1. The maximum absolute atomic E-state index is 11.7. The third-order valence-electron chi connectivity index (χ3n) is 3.97. The highest BCUT2D eigenvalue weighted by molar-refractivity contribution is 5.95. The van der Waals surface area contributed by atoms with Crippen molar-refractivity contribution in [3.8, 4) is 5.75 Å². The second-order valence-corrected chi connectivity index (χ2v) is 5.78. The van der Waals surface area contributed by atoms with Gasteiger partial charge in [0.25, 0.3) is 0 Å².